The Bertz CT molecular complexity index is 656. The molecule has 102 valence electrons. The summed E-state index contributed by atoms with van der Waals surface area (Å²) >= 11 is 5.99. The highest BCUT2D eigenvalue weighted by Crippen LogP contribution is 2.20. The zero-order chi connectivity index (χ0) is 14.5. The molecule has 2 N–H and O–H groups in total. The summed E-state index contributed by atoms with van der Waals surface area (Å²) in [5, 5.41) is 5.91. The van der Waals surface area contributed by atoms with Crippen LogP contribution in [-0.4, -0.2) is 12.3 Å². The quantitative estimate of drug-likeness (QED) is 0.835. The fourth-order valence-electron chi connectivity index (χ4n) is 1.65. The maximum Gasteiger partial charge on any atom is 0.323 e. The number of anilines is 2. The van der Waals surface area contributed by atoms with E-state index in [0.29, 0.717) is 22.0 Å². The number of halogens is 1. The van der Waals surface area contributed by atoms with Gasteiger partial charge in [-0.15, -0.1) is 0 Å². The number of aryl methyl sites for hydroxylation is 1. The van der Waals surface area contributed by atoms with Gasteiger partial charge in [0.1, 0.15) is 6.29 Å². The molecule has 2 rings (SSSR count). The second kappa shape index (κ2) is 6.21. The van der Waals surface area contributed by atoms with E-state index in [1.165, 1.54) is 0 Å². The predicted molar refractivity (Wildman–Crippen MR) is 80.7 cm³/mol. The Hall–Kier alpha value is -2.33. The van der Waals surface area contributed by atoms with Crippen molar-refractivity contribution in [2.75, 3.05) is 10.6 Å². The van der Waals surface area contributed by atoms with Crippen LogP contribution in [0.1, 0.15) is 15.9 Å². The van der Waals surface area contributed by atoms with Crippen LogP contribution in [0.2, 0.25) is 5.02 Å². The number of nitrogens with one attached hydrogen (secondary N) is 2. The highest BCUT2D eigenvalue weighted by atomic mass is 35.5. The summed E-state index contributed by atoms with van der Waals surface area (Å²) in [6.07, 6.45) is 0.725. The first-order valence-corrected chi connectivity index (χ1v) is 6.35. The molecule has 0 aliphatic rings. The van der Waals surface area contributed by atoms with Crippen molar-refractivity contribution in [3.05, 3.63) is 58.6 Å². The van der Waals surface area contributed by atoms with Crippen LogP contribution in [0.3, 0.4) is 0 Å². The Kier molecular flexibility index (Phi) is 4.38. The van der Waals surface area contributed by atoms with Crippen molar-refractivity contribution in [1.82, 2.24) is 0 Å². The zero-order valence-electron chi connectivity index (χ0n) is 10.8. The Balaban J connectivity index is 2.04. The zero-order valence-corrected chi connectivity index (χ0v) is 11.6. The number of carbonyl (C=O) groups is 2. The van der Waals surface area contributed by atoms with Crippen LogP contribution in [0, 0.1) is 6.92 Å². The molecule has 20 heavy (non-hydrogen) atoms. The minimum atomic E-state index is -0.395. The van der Waals surface area contributed by atoms with Crippen molar-refractivity contribution in [3.63, 3.8) is 0 Å². The van der Waals surface area contributed by atoms with Crippen molar-refractivity contribution in [2.45, 2.75) is 6.92 Å². The second-order valence-electron chi connectivity index (χ2n) is 4.29. The molecule has 4 nitrogen and oxygen atoms in total. The third-order valence-corrected chi connectivity index (χ3v) is 3.12. The van der Waals surface area contributed by atoms with Crippen LogP contribution in [0.25, 0.3) is 0 Å². The van der Waals surface area contributed by atoms with Gasteiger partial charge in [0.05, 0.1) is 0 Å². The number of hydrogen-bond donors (Lipinski definition) is 2. The van der Waals surface area contributed by atoms with Crippen molar-refractivity contribution >= 4 is 35.3 Å². The summed E-state index contributed by atoms with van der Waals surface area (Å²) < 4.78 is 0. The molecule has 0 unspecified atom stereocenters. The van der Waals surface area contributed by atoms with Gasteiger partial charge in [-0.2, -0.15) is 0 Å². The molecule has 0 aromatic heterocycles. The standard InChI is InChI=1S/C15H13ClN2O2/c1-10-5-6-13(8-14(10)16)18-15(20)17-12-4-2-3-11(7-12)9-19/h2-9H,1H3,(H2,17,18,20). The molecule has 2 aromatic rings. The lowest BCUT2D eigenvalue weighted by atomic mass is 10.2. The predicted octanol–water partition coefficient (Wildman–Crippen LogP) is 4.10. The topological polar surface area (TPSA) is 58.2 Å². The maximum atomic E-state index is 11.8. The van der Waals surface area contributed by atoms with E-state index in [9.17, 15) is 9.59 Å². The van der Waals surface area contributed by atoms with Crippen molar-refractivity contribution in [1.29, 1.82) is 0 Å². The SMILES string of the molecule is Cc1ccc(NC(=O)Nc2cccc(C=O)c2)cc1Cl. The van der Waals surface area contributed by atoms with E-state index < -0.39 is 6.03 Å². The van der Waals surface area contributed by atoms with Gasteiger partial charge in [0.2, 0.25) is 0 Å². The lowest BCUT2D eigenvalue weighted by molar-refractivity contribution is 0.112. The number of amides is 2. The summed E-state index contributed by atoms with van der Waals surface area (Å²) in [5.74, 6) is 0. The third kappa shape index (κ3) is 3.59. The number of urea groups is 1. The highest BCUT2D eigenvalue weighted by Gasteiger charge is 2.04. The molecule has 0 aliphatic carbocycles. The van der Waals surface area contributed by atoms with Gasteiger partial charge in [-0.25, -0.2) is 4.79 Å². The van der Waals surface area contributed by atoms with Crippen LogP contribution in [0.5, 0.6) is 0 Å². The molecule has 0 saturated carbocycles. The van der Waals surface area contributed by atoms with Crippen LogP contribution < -0.4 is 10.6 Å². The monoisotopic (exact) mass is 288 g/mol. The minimum absolute atomic E-state index is 0.395. The Morgan fingerprint density at radius 1 is 1.10 bits per heavy atom. The summed E-state index contributed by atoms with van der Waals surface area (Å²) in [5.41, 5.74) is 2.59. The van der Waals surface area contributed by atoms with Crippen molar-refractivity contribution in [3.8, 4) is 0 Å². The molecule has 0 atom stereocenters. The molecular formula is C15H13ClN2O2. The van der Waals surface area contributed by atoms with Gasteiger partial charge in [0.15, 0.2) is 0 Å². The molecule has 2 aromatic carbocycles. The van der Waals surface area contributed by atoms with E-state index in [0.717, 1.165) is 11.8 Å². The summed E-state index contributed by atoms with van der Waals surface area (Å²) in [4.78, 5) is 22.5. The Morgan fingerprint density at radius 2 is 1.80 bits per heavy atom. The van der Waals surface area contributed by atoms with E-state index in [-0.39, 0.29) is 0 Å². The minimum Gasteiger partial charge on any atom is -0.308 e. The molecule has 0 saturated heterocycles. The number of benzene rings is 2. The first kappa shape index (κ1) is 14.1. The average Bonchev–Trinajstić information content (AvgIpc) is 2.43. The first-order chi connectivity index (χ1) is 9.58. The molecule has 0 fully saturated rings. The van der Waals surface area contributed by atoms with Gasteiger partial charge in [0, 0.05) is 22.0 Å². The van der Waals surface area contributed by atoms with Gasteiger partial charge in [0.25, 0.3) is 0 Å². The van der Waals surface area contributed by atoms with E-state index in [1.807, 2.05) is 13.0 Å². The fraction of sp³-hybridized carbons (Fsp3) is 0.0667. The Morgan fingerprint density at radius 3 is 2.45 bits per heavy atom. The molecule has 0 radical (unpaired) electrons. The average molecular weight is 289 g/mol. The summed E-state index contributed by atoms with van der Waals surface area (Å²) in [6.45, 7) is 1.89. The van der Waals surface area contributed by atoms with Gasteiger partial charge in [-0.05, 0) is 36.8 Å². The highest BCUT2D eigenvalue weighted by molar-refractivity contribution is 6.31. The molecule has 2 amide bonds. The van der Waals surface area contributed by atoms with Gasteiger partial charge in [-0.3, -0.25) is 4.79 Å². The van der Waals surface area contributed by atoms with Crippen LogP contribution in [-0.2, 0) is 0 Å². The van der Waals surface area contributed by atoms with Crippen molar-refractivity contribution in [2.24, 2.45) is 0 Å². The van der Waals surface area contributed by atoms with Gasteiger partial charge < -0.3 is 10.6 Å². The second-order valence-corrected chi connectivity index (χ2v) is 4.69. The molecule has 0 aliphatic heterocycles. The Labute approximate surface area is 121 Å². The van der Waals surface area contributed by atoms with Gasteiger partial charge >= 0.3 is 6.03 Å². The fourth-order valence-corrected chi connectivity index (χ4v) is 1.83. The largest absolute Gasteiger partial charge is 0.323 e. The molecule has 0 bridgehead atoms. The van der Waals surface area contributed by atoms with Gasteiger partial charge in [-0.1, -0.05) is 29.8 Å². The summed E-state index contributed by atoms with van der Waals surface area (Å²) in [7, 11) is 0. The van der Waals surface area contributed by atoms with Crippen LogP contribution in [0.4, 0.5) is 16.2 Å². The third-order valence-electron chi connectivity index (χ3n) is 2.71. The number of carbonyl (C=O) groups excluding carboxylic acids is 2. The molecule has 5 heteroatoms. The lowest BCUT2D eigenvalue weighted by Crippen LogP contribution is -2.19. The number of aldehydes is 1. The van der Waals surface area contributed by atoms with Crippen LogP contribution >= 0.6 is 11.6 Å². The normalized spacial score (nSPS) is 9.90. The maximum absolute atomic E-state index is 11.8. The molecule has 0 heterocycles. The van der Waals surface area contributed by atoms with E-state index in [4.69, 9.17) is 11.6 Å². The van der Waals surface area contributed by atoms with Crippen LogP contribution in [0.15, 0.2) is 42.5 Å². The number of rotatable bonds is 3. The van der Waals surface area contributed by atoms with E-state index in [2.05, 4.69) is 10.6 Å². The van der Waals surface area contributed by atoms with E-state index >= 15 is 0 Å². The summed E-state index contributed by atoms with van der Waals surface area (Å²) in [6, 6.07) is 11.5. The molecule has 0 spiro atoms. The van der Waals surface area contributed by atoms with Crippen molar-refractivity contribution < 1.29 is 9.59 Å². The smallest absolute Gasteiger partial charge is 0.308 e. The molecular weight excluding hydrogens is 276 g/mol. The lowest BCUT2D eigenvalue weighted by Gasteiger charge is -2.09. The first-order valence-electron chi connectivity index (χ1n) is 5.98. The number of hydrogen-bond acceptors (Lipinski definition) is 2. The van der Waals surface area contributed by atoms with E-state index in [1.54, 1.807) is 36.4 Å².